The summed E-state index contributed by atoms with van der Waals surface area (Å²) in [5, 5.41) is 0. The zero-order valence-electron chi connectivity index (χ0n) is 10.7. The molecule has 0 N–H and O–H groups in total. The van der Waals surface area contributed by atoms with Gasteiger partial charge in [-0.2, -0.15) is 0 Å². The third-order valence-corrected chi connectivity index (χ3v) is 4.22. The second-order valence-corrected chi connectivity index (χ2v) is 5.66. The fourth-order valence-corrected chi connectivity index (χ4v) is 3.05. The average molecular weight is 231 g/mol. The van der Waals surface area contributed by atoms with Crippen LogP contribution in [0.2, 0.25) is 0 Å². The van der Waals surface area contributed by atoms with Crippen LogP contribution in [0.3, 0.4) is 0 Å². The molecule has 0 saturated heterocycles. The quantitative estimate of drug-likeness (QED) is 0.777. The lowest BCUT2D eigenvalue weighted by atomic mass is 9.96. The third kappa shape index (κ3) is 2.18. The van der Waals surface area contributed by atoms with Gasteiger partial charge in [0.2, 0.25) is 0 Å². The molecule has 0 unspecified atom stereocenters. The fraction of sp³-hybridized carbons (Fsp3) is 0.667. The van der Waals surface area contributed by atoms with E-state index in [2.05, 4.69) is 17.6 Å². The minimum Gasteiger partial charge on any atom is -0.348 e. The van der Waals surface area contributed by atoms with Crippen LogP contribution in [0.1, 0.15) is 60.3 Å². The smallest absolute Gasteiger partial charge is 0.164 e. The summed E-state index contributed by atoms with van der Waals surface area (Å²) in [4.78, 5) is 11.8. The van der Waals surface area contributed by atoms with Crippen LogP contribution in [-0.4, -0.2) is 10.4 Å². The SMILES string of the molecule is Cc1cc2c(n1CCCC1CC1)CCCC2=O. The van der Waals surface area contributed by atoms with E-state index >= 15 is 0 Å². The van der Waals surface area contributed by atoms with Gasteiger partial charge in [0.1, 0.15) is 0 Å². The van der Waals surface area contributed by atoms with Crippen LogP contribution >= 0.6 is 0 Å². The Labute approximate surface area is 103 Å². The monoisotopic (exact) mass is 231 g/mol. The van der Waals surface area contributed by atoms with Gasteiger partial charge in [0, 0.05) is 29.9 Å². The van der Waals surface area contributed by atoms with E-state index in [9.17, 15) is 4.79 Å². The Morgan fingerprint density at radius 2 is 2.18 bits per heavy atom. The molecule has 3 rings (SSSR count). The molecule has 2 nitrogen and oxygen atoms in total. The van der Waals surface area contributed by atoms with Gasteiger partial charge in [0.05, 0.1) is 0 Å². The van der Waals surface area contributed by atoms with Crippen LogP contribution in [0.25, 0.3) is 0 Å². The van der Waals surface area contributed by atoms with Crippen LogP contribution in [-0.2, 0) is 13.0 Å². The Hall–Kier alpha value is -1.05. The molecule has 0 amide bonds. The number of rotatable bonds is 4. The molecular weight excluding hydrogens is 210 g/mol. The topological polar surface area (TPSA) is 22.0 Å². The Balaban J connectivity index is 1.75. The summed E-state index contributed by atoms with van der Waals surface area (Å²) in [5.41, 5.74) is 3.61. The van der Waals surface area contributed by atoms with E-state index in [1.54, 1.807) is 0 Å². The Morgan fingerprint density at radius 1 is 1.35 bits per heavy atom. The summed E-state index contributed by atoms with van der Waals surface area (Å²) in [6.45, 7) is 3.26. The predicted molar refractivity (Wildman–Crippen MR) is 68.4 cm³/mol. The molecule has 1 fully saturated rings. The summed E-state index contributed by atoms with van der Waals surface area (Å²) in [7, 11) is 0. The highest BCUT2D eigenvalue weighted by atomic mass is 16.1. The van der Waals surface area contributed by atoms with Crippen molar-refractivity contribution in [1.29, 1.82) is 0 Å². The van der Waals surface area contributed by atoms with Gasteiger partial charge >= 0.3 is 0 Å². The van der Waals surface area contributed by atoms with Crippen LogP contribution in [0.15, 0.2) is 6.07 Å². The number of ketones is 1. The summed E-state index contributed by atoms with van der Waals surface area (Å²) in [6.07, 6.45) is 8.43. The zero-order valence-corrected chi connectivity index (χ0v) is 10.7. The number of aromatic nitrogens is 1. The summed E-state index contributed by atoms with van der Waals surface area (Å²) in [6, 6.07) is 2.11. The first kappa shape index (κ1) is 11.1. The molecule has 2 aliphatic rings. The molecule has 2 heteroatoms. The van der Waals surface area contributed by atoms with E-state index in [1.807, 2.05) is 0 Å². The van der Waals surface area contributed by atoms with Gasteiger partial charge in [-0.05, 0) is 44.6 Å². The minimum absolute atomic E-state index is 0.357. The highest BCUT2D eigenvalue weighted by Gasteiger charge is 2.23. The molecule has 17 heavy (non-hydrogen) atoms. The van der Waals surface area contributed by atoms with Crippen molar-refractivity contribution in [3.05, 3.63) is 23.0 Å². The van der Waals surface area contributed by atoms with E-state index in [-0.39, 0.29) is 0 Å². The molecule has 1 aromatic heterocycles. The fourth-order valence-electron chi connectivity index (χ4n) is 3.05. The minimum atomic E-state index is 0.357. The van der Waals surface area contributed by atoms with Crippen LogP contribution in [0, 0.1) is 12.8 Å². The number of aryl methyl sites for hydroxylation is 1. The number of fused-ring (bicyclic) bond motifs is 1. The number of Topliss-reactive ketones (excluding diaryl/α,β-unsaturated/α-hetero) is 1. The molecule has 0 atom stereocenters. The van der Waals surface area contributed by atoms with Crippen molar-refractivity contribution in [2.24, 2.45) is 5.92 Å². The number of carbonyl (C=O) groups excluding carboxylic acids is 1. The largest absolute Gasteiger partial charge is 0.348 e. The molecule has 1 heterocycles. The lowest BCUT2D eigenvalue weighted by molar-refractivity contribution is 0.0971. The van der Waals surface area contributed by atoms with Crippen molar-refractivity contribution in [3.8, 4) is 0 Å². The molecular formula is C15H21NO. The van der Waals surface area contributed by atoms with Gasteiger partial charge in [0.25, 0.3) is 0 Å². The molecule has 0 spiro atoms. The second-order valence-electron chi connectivity index (χ2n) is 5.66. The second kappa shape index (κ2) is 4.32. The Bertz CT molecular complexity index is 440. The van der Waals surface area contributed by atoms with Crippen molar-refractivity contribution in [2.45, 2.75) is 58.4 Å². The lowest BCUT2D eigenvalue weighted by Gasteiger charge is -2.15. The number of carbonyl (C=O) groups is 1. The Morgan fingerprint density at radius 3 is 2.94 bits per heavy atom. The van der Waals surface area contributed by atoms with Gasteiger partial charge in [0.15, 0.2) is 5.78 Å². The zero-order chi connectivity index (χ0) is 11.8. The van der Waals surface area contributed by atoms with E-state index < -0.39 is 0 Å². The van der Waals surface area contributed by atoms with Gasteiger partial charge in [-0.15, -0.1) is 0 Å². The highest BCUT2D eigenvalue weighted by Crippen LogP contribution is 2.34. The molecule has 0 bridgehead atoms. The first-order chi connectivity index (χ1) is 8.25. The van der Waals surface area contributed by atoms with Crippen molar-refractivity contribution < 1.29 is 4.79 Å². The lowest BCUT2D eigenvalue weighted by Crippen LogP contribution is -2.13. The van der Waals surface area contributed by atoms with E-state index in [4.69, 9.17) is 0 Å². The summed E-state index contributed by atoms with van der Waals surface area (Å²) < 4.78 is 2.40. The number of nitrogens with zero attached hydrogens (tertiary/aromatic N) is 1. The molecule has 1 saturated carbocycles. The maximum atomic E-state index is 11.8. The standard InChI is InChI=1S/C15H21NO/c1-11-10-13-14(5-2-6-15(13)17)16(11)9-3-4-12-7-8-12/h10,12H,2-9H2,1H3. The van der Waals surface area contributed by atoms with Gasteiger partial charge < -0.3 is 4.57 Å². The summed E-state index contributed by atoms with van der Waals surface area (Å²) in [5.74, 6) is 1.37. The average Bonchev–Trinajstić information content (AvgIpc) is 3.06. The van der Waals surface area contributed by atoms with Crippen molar-refractivity contribution in [2.75, 3.05) is 0 Å². The Kier molecular flexibility index (Phi) is 2.81. The first-order valence-corrected chi connectivity index (χ1v) is 6.98. The van der Waals surface area contributed by atoms with Gasteiger partial charge in [-0.3, -0.25) is 4.79 Å². The van der Waals surface area contributed by atoms with Gasteiger partial charge in [-0.25, -0.2) is 0 Å². The molecule has 0 aliphatic heterocycles. The number of hydrogen-bond donors (Lipinski definition) is 0. The van der Waals surface area contributed by atoms with Crippen molar-refractivity contribution in [3.63, 3.8) is 0 Å². The normalized spacial score (nSPS) is 19.5. The van der Waals surface area contributed by atoms with E-state index in [0.717, 1.165) is 37.3 Å². The van der Waals surface area contributed by atoms with Crippen LogP contribution in [0.5, 0.6) is 0 Å². The maximum absolute atomic E-state index is 11.8. The predicted octanol–water partition coefficient (Wildman–Crippen LogP) is 3.51. The first-order valence-electron chi connectivity index (χ1n) is 6.98. The third-order valence-electron chi connectivity index (χ3n) is 4.22. The van der Waals surface area contributed by atoms with E-state index in [1.165, 1.54) is 37.1 Å². The maximum Gasteiger partial charge on any atom is 0.164 e. The van der Waals surface area contributed by atoms with Crippen molar-refractivity contribution >= 4 is 5.78 Å². The molecule has 2 aliphatic carbocycles. The molecule has 0 radical (unpaired) electrons. The molecule has 0 aromatic carbocycles. The van der Waals surface area contributed by atoms with E-state index in [0.29, 0.717) is 5.78 Å². The highest BCUT2D eigenvalue weighted by molar-refractivity contribution is 5.98. The van der Waals surface area contributed by atoms with Gasteiger partial charge in [-0.1, -0.05) is 12.8 Å². The molecule has 92 valence electrons. The van der Waals surface area contributed by atoms with Crippen LogP contribution < -0.4 is 0 Å². The number of hydrogen-bond acceptors (Lipinski definition) is 1. The molecule has 1 aromatic rings. The summed E-state index contributed by atoms with van der Waals surface area (Å²) >= 11 is 0. The van der Waals surface area contributed by atoms with Crippen molar-refractivity contribution in [1.82, 2.24) is 4.57 Å². The van der Waals surface area contributed by atoms with Crippen LogP contribution in [0.4, 0.5) is 0 Å².